The molecule has 0 spiro atoms. The van der Waals surface area contributed by atoms with Crippen molar-refractivity contribution in [2.45, 2.75) is 39.0 Å². The zero-order valence-electron chi connectivity index (χ0n) is 12.8. The number of anilines is 1. The van der Waals surface area contributed by atoms with E-state index in [0.717, 1.165) is 24.8 Å². The molecule has 1 aromatic rings. The monoisotopic (exact) mass is 290 g/mol. The summed E-state index contributed by atoms with van der Waals surface area (Å²) in [5.41, 5.74) is 6.28. The van der Waals surface area contributed by atoms with Gasteiger partial charge in [-0.2, -0.15) is 0 Å². The van der Waals surface area contributed by atoms with Gasteiger partial charge in [0.25, 0.3) is 5.91 Å². The number of carbonyl (C=O) groups is 1. The number of carbonyl (C=O) groups excluding carboxylic acids is 1. The summed E-state index contributed by atoms with van der Waals surface area (Å²) in [7, 11) is 0. The van der Waals surface area contributed by atoms with E-state index in [1.165, 1.54) is 25.7 Å². The number of nitrogen functional groups attached to an aromatic ring is 1. The van der Waals surface area contributed by atoms with Gasteiger partial charge in [0.1, 0.15) is 5.75 Å². The Labute approximate surface area is 127 Å². The van der Waals surface area contributed by atoms with E-state index in [-0.39, 0.29) is 12.5 Å². The molecule has 1 fully saturated rings. The maximum Gasteiger partial charge on any atom is 0.257 e. The van der Waals surface area contributed by atoms with Crippen molar-refractivity contribution in [2.75, 3.05) is 18.9 Å². The summed E-state index contributed by atoms with van der Waals surface area (Å²) in [5.74, 6) is 2.22. The van der Waals surface area contributed by atoms with Crippen molar-refractivity contribution in [3.05, 3.63) is 24.3 Å². The van der Waals surface area contributed by atoms with Crippen LogP contribution in [-0.2, 0) is 4.79 Å². The molecule has 4 heteroatoms. The first-order chi connectivity index (χ1) is 10.1. The highest BCUT2D eigenvalue weighted by Crippen LogP contribution is 2.30. The van der Waals surface area contributed by atoms with Crippen LogP contribution < -0.4 is 15.8 Å². The molecule has 116 valence electrons. The lowest BCUT2D eigenvalue weighted by Crippen LogP contribution is -2.31. The molecular weight excluding hydrogens is 264 g/mol. The Kier molecular flexibility index (Phi) is 5.90. The molecule has 1 amide bonds. The van der Waals surface area contributed by atoms with Gasteiger partial charge in [-0.25, -0.2) is 0 Å². The summed E-state index contributed by atoms with van der Waals surface area (Å²) in [6.07, 6.45) is 6.39. The minimum absolute atomic E-state index is 0.0596. The van der Waals surface area contributed by atoms with E-state index in [9.17, 15) is 4.79 Å². The van der Waals surface area contributed by atoms with E-state index in [1.54, 1.807) is 24.3 Å². The Morgan fingerprint density at radius 1 is 1.33 bits per heavy atom. The van der Waals surface area contributed by atoms with Gasteiger partial charge in [0.05, 0.1) is 0 Å². The molecule has 2 atom stereocenters. The predicted octanol–water partition coefficient (Wildman–Crippen LogP) is 2.98. The zero-order valence-corrected chi connectivity index (χ0v) is 12.8. The summed E-state index contributed by atoms with van der Waals surface area (Å²) in [5, 5.41) is 2.94. The first-order valence-corrected chi connectivity index (χ1v) is 7.88. The van der Waals surface area contributed by atoms with Crippen molar-refractivity contribution in [2.24, 2.45) is 11.8 Å². The normalized spacial score (nSPS) is 21.8. The lowest BCUT2D eigenvalue weighted by Gasteiger charge is -2.26. The second-order valence-corrected chi connectivity index (χ2v) is 6.13. The maximum absolute atomic E-state index is 11.7. The molecule has 3 N–H and O–H groups in total. The van der Waals surface area contributed by atoms with Crippen LogP contribution in [0, 0.1) is 11.8 Å². The second kappa shape index (κ2) is 7.91. The van der Waals surface area contributed by atoms with Crippen LogP contribution in [0.4, 0.5) is 5.69 Å². The van der Waals surface area contributed by atoms with Crippen LogP contribution in [-0.4, -0.2) is 19.1 Å². The van der Waals surface area contributed by atoms with Gasteiger partial charge in [0.2, 0.25) is 0 Å². The Bertz CT molecular complexity index is 445. The molecule has 0 aromatic heterocycles. The maximum atomic E-state index is 11.7. The third-order valence-electron chi connectivity index (χ3n) is 4.17. The summed E-state index contributed by atoms with van der Waals surface area (Å²) in [6.45, 7) is 3.14. The van der Waals surface area contributed by atoms with Gasteiger partial charge in [-0.3, -0.25) is 4.79 Å². The highest BCUT2D eigenvalue weighted by molar-refractivity contribution is 5.77. The highest BCUT2D eigenvalue weighted by Gasteiger charge is 2.18. The average Bonchev–Trinajstić information content (AvgIpc) is 2.47. The zero-order chi connectivity index (χ0) is 15.1. The van der Waals surface area contributed by atoms with Gasteiger partial charge >= 0.3 is 0 Å². The number of hydrogen-bond donors (Lipinski definition) is 2. The number of nitrogens with one attached hydrogen (secondary N) is 1. The van der Waals surface area contributed by atoms with Crippen LogP contribution >= 0.6 is 0 Å². The van der Waals surface area contributed by atoms with Crippen molar-refractivity contribution < 1.29 is 9.53 Å². The van der Waals surface area contributed by atoms with Crippen LogP contribution in [0.1, 0.15) is 39.0 Å². The molecule has 21 heavy (non-hydrogen) atoms. The van der Waals surface area contributed by atoms with Gasteiger partial charge in [-0.05, 0) is 48.9 Å². The molecule has 0 bridgehead atoms. The van der Waals surface area contributed by atoms with Crippen molar-refractivity contribution in [1.29, 1.82) is 0 Å². The summed E-state index contributed by atoms with van der Waals surface area (Å²) in [6, 6.07) is 7.06. The first kappa shape index (κ1) is 15.7. The lowest BCUT2D eigenvalue weighted by atomic mass is 9.81. The molecule has 1 aromatic carbocycles. The van der Waals surface area contributed by atoms with Crippen LogP contribution in [0.5, 0.6) is 5.75 Å². The van der Waals surface area contributed by atoms with Crippen LogP contribution in [0.3, 0.4) is 0 Å². The van der Waals surface area contributed by atoms with Crippen LogP contribution in [0.2, 0.25) is 0 Å². The summed E-state index contributed by atoms with van der Waals surface area (Å²) >= 11 is 0. The number of amides is 1. The van der Waals surface area contributed by atoms with Crippen LogP contribution in [0.15, 0.2) is 24.3 Å². The standard InChI is InChI=1S/C17H26N2O2/c1-13-3-2-4-14(11-13)9-10-19-17(20)12-21-16-7-5-15(18)6-8-16/h5-8,13-14H,2-4,9-12,18H2,1H3,(H,19,20). The topological polar surface area (TPSA) is 64.3 Å². The molecule has 2 unspecified atom stereocenters. The fourth-order valence-corrected chi connectivity index (χ4v) is 3.00. The molecule has 2 rings (SSSR count). The quantitative estimate of drug-likeness (QED) is 0.792. The van der Waals surface area contributed by atoms with Gasteiger partial charge in [0, 0.05) is 12.2 Å². The van der Waals surface area contributed by atoms with E-state index in [0.29, 0.717) is 11.4 Å². The smallest absolute Gasteiger partial charge is 0.257 e. The molecule has 0 aliphatic heterocycles. The van der Waals surface area contributed by atoms with Gasteiger partial charge in [-0.1, -0.05) is 26.2 Å². The predicted molar refractivity (Wildman–Crippen MR) is 85.1 cm³/mol. The molecule has 1 saturated carbocycles. The number of ether oxygens (including phenoxy) is 1. The van der Waals surface area contributed by atoms with Gasteiger partial charge < -0.3 is 15.8 Å². The van der Waals surface area contributed by atoms with Crippen molar-refractivity contribution in [3.63, 3.8) is 0 Å². The van der Waals surface area contributed by atoms with Gasteiger partial charge in [0.15, 0.2) is 6.61 Å². The van der Waals surface area contributed by atoms with Crippen LogP contribution in [0.25, 0.3) is 0 Å². The number of hydrogen-bond acceptors (Lipinski definition) is 3. The second-order valence-electron chi connectivity index (χ2n) is 6.13. The van der Waals surface area contributed by atoms with E-state index >= 15 is 0 Å². The Morgan fingerprint density at radius 2 is 2.10 bits per heavy atom. The third-order valence-corrected chi connectivity index (χ3v) is 4.17. The Hall–Kier alpha value is -1.71. The van der Waals surface area contributed by atoms with Crippen molar-refractivity contribution in [3.8, 4) is 5.75 Å². The molecule has 0 heterocycles. The minimum atomic E-state index is -0.0596. The molecule has 1 aliphatic carbocycles. The molecule has 0 radical (unpaired) electrons. The van der Waals surface area contributed by atoms with E-state index in [2.05, 4.69) is 12.2 Å². The minimum Gasteiger partial charge on any atom is -0.484 e. The van der Waals surface area contributed by atoms with E-state index < -0.39 is 0 Å². The molecule has 1 aliphatic rings. The summed E-state index contributed by atoms with van der Waals surface area (Å²) < 4.78 is 5.41. The molecule has 4 nitrogen and oxygen atoms in total. The summed E-state index contributed by atoms with van der Waals surface area (Å²) in [4.78, 5) is 11.7. The van der Waals surface area contributed by atoms with Crippen molar-refractivity contribution >= 4 is 11.6 Å². The first-order valence-electron chi connectivity index (χ1n) is 7.88. The number of nitrogens with two attached hydrogens (primary N) is 1. The van der Waals surface area contributed by atoms with E-state index in [4.69, 9.17) is 10.5 Å². The Morgan fingerprint density at radius 3 is 2.81 bits per heavy atom. The Balaban J connectivity index is 1.60. The van der Waals surface area contributed by atoms with Crippen molar-refractivity contribution in [1.82, 2.24) is 5.32 Å². The highest BCUT2D eigenvalue weighted by atomic mass is 16.5. The van der Waals surface area contributed by atoms with E-state index in [1.807, 2.05) is 0 Å². The number of rotatable bonds is 6. The fraction of sp³-hybridized carbons (Fsp3) is 0.588. The number of benzene rings is 1. The SMILES string of the molecule is CC1CCCC(CCNC(=O)COc2ccc(N)cc2)C1. The lowest BCUT2D eigenvalue weighted by molar-refractivity contribution is -0.123. The van der Waals surface area contributed by atoms with Gasteiger partial charge in [-0.15, -0.1) is 0 Å². The molecular formula is C17H26N2O2. The largest absolute Gasteiger partial charge is 0.484 e. The third kappa shape index (κ3) is 5.66. The average molecular weight is 290 g/mol. The molecule has 0 saturated heterocycles. The fourth-order valence-electron chi connectivity index (χ4n) is 3.00.